The third-order valence-electron chi connectivity index (χ3n) is 2.69. The monoisotopic (exact) mass is 268 g/mol. The standard InChI is InChI=1S/C13H16O4S/c1-13(2,12(14)15)8-18-9-3-4-10-11(7-9)17-6-5-16-10/h3-4,7H,5-6,8H2,1-2H3,(H,14,15). The van der Waals surface area contributed by atoms with Crippen LogP contribution in [0.2, 0.25) is 0 Å². The summed E-state index contributed by atoms with van der Waals surface area (Å²) in [5, 5.41) is 9.05. The number of hydrogen-bond donors (Lipinski definition) is 1. The molecule has 1 aromatic carbocycles. The van der Waals surface area contributed by atoms with Crippen molar-refractivity contribution in [2.45, 2.75) is 18.7 Å². The summed E-state index contributed by atoms with van der Waals surface area (Å²) in [5.41, 5.74) is -0.738. The van der Waals surface area contributed by atoms with Gasteiger partial charge in [0.2, 0.25) is 0 Å². The van der Waals surface area contributed by atoms with Gasteiger partial charge >= 0.3 is 5.97 Å². The van der Waals surface area contributed by atoms with Crippen molar-refractivity contribution in [1.29, 1.82) is 0 Å². The zero-order valence-corrected chi connectivity index (χ0v) is 11.3. The highest BCUT2D eigenvalue weighted by atomic mass is 32.2. The Balaban J connectivity index is 2.04. The van der Waals surface area contributed by atoms with Gasteiger partial charge in [-0.2, -0.15) is 0 Å². The molecule has 1 aromatic rings. The number of aliphatic carboxylic acids is 1. The van der Waals surface area contributed by atoms with E-state index in [1.165, 1.54) is 11.8 Å². The molecular weight excluding hydrogens is 252 g/mol. The van der Waals surface area contributed by atoms with E-state index in [0.717, 1.165) is 16.4 Å². The van der Waals surface area contributed by atoms with Gasteiger partial charge in [0.05, 0.1) is 5.41 Å². The van der Waals surface area contributed by atoms with Crippen LogP contribution in [0.3, 0.4) is 0 Å². The molecule has 0 radical (unpaired) electrons. The van der Waals surface area contributed by atoms with Crippen LogP contribution < -0.4 is 9.47 Å². The molecule has 0 unspecified atom stereocenters. The van der Waals surface area contributed by atoms with E-state index in [4.69, 9.17) is 14.6 Å². The second-order valence-electron chi connectivity index (χ2n) is 4.78. The highest BCUT2D eigenvalue weighted by Gasteiger charge is 2.27. The first kappa shape index (κ1) is 13.1. The fourth-order valence-corrected chi connectivity index (χ4v) is 2.44. The Morgan fingerprint density at radius 2 is 2.00 bits per heavy atom. The van der Waals surface area contributed by atoms with Crippen molar-refractivity contribution in [3.05, 3.63) is 18.2 Å². The van der Waals surface area contributed by atoms with Gasteiger partial charge in [0.25, 0.3) is 0 Å². The average Bonchev–Trinajstić information content (AvgIpc) is 2.36. The molecule has 4 nitrogen and oxygen atoms in total. The summed E-state index contributed by atoms with van der Waals surface area (Å²) in [7, 11) is 0. The van der Waals surface area contributed by atoms with Gasteiger partial charge in [-0.15, -0.1) is 11.8 Å². The van der Waals surface area contributed by atoms with Crippen LogP contribution in [0.1, 0.15) is 13.8 Å². The maximum atomic E-state index is 11.0. The van der Waals surface area contributed by atoms with Crippen molar-refractivity contribution in [2.24, 2.45) is 5.41 Å². The number of hydrogen-bond acceptors (Lipinski definition) is 4. The molecule has 2 rings (SSSR count). The molecule has 1 heterocycles. The molecule has 0 fully saturated rings. The molecule has 0 bridgehead atoms. The number of carbonyl (C=O) groups is 1. The molecule has 0 saturated carbocycles. The van der Waals surface area contributed by atoms with Crippen molar-refractivity contribution in [3.8, 4) is 11.5 Å². The van der Waals surface area contributed by atoms with Crippen molar-refractivity contribution in [3.63, 3.8) is 0 Å². The fraction of sp³-hybridized carbons (Fsp3) is 0.462. The lowest BCUT2D eigenvalue weighted by atomic mass is 9.97. The van der Waals surface area contributed by atoms with E-state index in [-0.39, 0.29) is 0 Å². The van der Waals surface area contributed by atoms with Gasteiger partial charge < -0.3 is 14.6 Å². The highest BCUT2D eigenvalue weighted by molar-refractivity contribution is 7.99. The molecule has 0 saturated heterocycles. The lowest BCUT2D eigenvalue weighted by Gasteiger charge is -2.20. The Labute approximate surface area is 110 Å². The van der Waals surface area contributed by atoms with Crippen LogP contribution in [-0.4, -0.2) is 30.0 Å². The minimum Gasteiger partial charge on any atom is -0.486 e. The smallest absolute Gasteiger partial charge is 0.309 e. The zero-order valence-electron chi connectivity index (χ0n) is 10.4. The van der Waals surface area contributed by atoms with Crippen molar-refractivity contribution >= 4 is 17.7 Å². The zero-order chi connectivity index (χ0) is 13.2. The number of benzene rings is 1. The Kier molecular flexibility index (Phi) is 3.71. The van der Waals surface area contributed by atoms with Gasteiger partial charge in [0, 0.05) is 10.6 Å². The largest absolute Gasteiger partial charge is 0.486 e. The molecule has 1 aliphatic rings. The van der Waals surface area contributed by atoms with E-state index >= 15 is 0 Å². The maximum absolute atomic E-state index is 11.0. The van der Waals surface area contributed by atoms with Crippen molar-refractivity contribution in [2.75, 3.05) is 19.0 Å². The highest BCUT2D eigenvalue weighted by Crippen LogP contribution is 2.36. The van der Waals surface area contributed by atoms with Gasteiger partial charge in [-0.25, -0.2) is 0 Å². The molecule has 0 aliphatic carbocycles. The van der Waals surface area contributed by atoms with Crippen LogP contribution in [-0.2, 0) is 4.79 Å². The second kappa shape index (κ2) is 5.10. The van der Waals surface area contributed by atoms with Crippen LogP contribution in [0, 0.1) is 5.41 Å². The van der Waals surface area contributed by atoms with Crippen molar-refractivity contribution < 1.29 is 19.4 Å². The third-order valence-corrected chi connectivity index (χ3v) is 4.15. The number of ether oxygens (including phenoxy) is 2. The normalized spacial score (nSPS) is 14.3. The topological polar surface area (TPSA) is 55.8 Å². The van der Waals surface area contributed by atoms with E-state index in [2.05, 4.69) is 0 Å². The molecule has 5 heteroatoms. The SMILES string of the molecule is CC(C)(CSc1ccc2c(c1)OCCO2)C(=O)O. The van der Waals surface area contributed by atoms with Crippen LogP contribution in [0.5, 0.6) is 11.5 Å². The van der Waals surface area contributed by atoms with Gasteiger partial charge in [0.15, 0.2) is 11.5 Å². The number of thioether (sulfide) groups is 1. The van der Waals surface area contributed by atoms with Crippen LogP contribution >= 0.6 is 11.8 Å². The van der Waals surface area contributed by atoms with Gasteiger partial charge in [-0.3, -0.25) is 4.79 Å². The number of carboxylic acids is 1. The van der Waals surface area contributed by atoms with Gasteiger partial charge in [-0.1, -0.05) is 0 Å². The van der Waals surface area contributed by atoms with Crippen LogP contribution in [0.25, 0.3) is 0 Å². The first-order valence-electron chi connectivity index (χ1n) is 5.75. The summed E-state index contributed by atoms with van der Waals surface area (Å²) in [6.07, 6.45) is 0. The molecule has 0 atom stereocenters. The van der Waals surface area contributed by atoms with E-state index in [0.29, 0.717) is 19.0 Å². The Morgan fingerprint density at radius 3 is 2.67 bits per heavy atom. The molecular formula is C13H16O4S. The predicted octanol–water partition coefficient (Wildman–Crippen LogP) is 2.66. The molecule has 0 amide bonds. The average molecular weight is 268 g/mol. The molecule has 98 valence electrons. The van der Waals surface area contributed by atoms with E-state index in [1.54, 1.807) is 13.8 Å². The Hall–Kier alpha value is -1.36. The summed E-state index contributed by atoms with van der Waals surface area (Å²) in [6, 6.07) is 5.69. The van der Waals surface area contributed by atoms with Gasteiger partial charge in [0.1, 0.15) is 13.2 Å². The lowest BCUT2D eigenvalue weighted by molar-refractivity contribution is -0.145. The predicted molar refractivity (Wildman–Crippen MR) is 69.6 cm³/mol. The molecule has 0 spiro atoms. The molecule has 18 heavy (non-hydrogen) atoms. The minimum absolute atomic E-state index is 0.516. The summed E-state index contributed by atoms with van der Waals surface area (Å²) in [4.78, 5) is 12.0. The fourth-order valence-electron chi connectivity index (χ4n) is 1.44. The number of fused-ring (bicyclic) bond motifs is 1. The number of carboxylic acid groups (broad SMARTS) is 1. The minimum atomic E-state index is -0.785. The first-order chi connectivity index (χ1) is 8.49. The number of rotatable bonds is 4. The van der Waals surface area contributed by atoms with Crippen LogP contribution in [0.15, 0.2) is 23.1 Å². The van der Waals surface area contributed by atoms with E-state index in [1.807, 2.05) is 18.2 Å². The third kappa shape index (κ3) is 2.90. The summed E-state index contributed by atoms with van der Waals surface area (Å²) in [5.74, 6) is 1.22. The van der Waals surface area contributed by atoms with Crippen LogP contribution in [0.4, 0.5) is 0 Å². The van der Waals surface area contributed by atoms with E-state index < -0.39 is 11.4 Å². The summed E-state index contributed by atoms with van der Waals surface area (Å²) < 4.78 is 10.9. The van der Waals surface area contributed by atoms with E-state index in [9.17, 15) is 4.79 Å². The molecule has 1 N–H and O–H groups in total. The molecule has 0 aromatic heterocycles. The van der Waals surface area contributed by atoms with Crippen molar-refractivity contribution in [1.82, 2.24) is 0 Å². The second-order valence-corrected chi connectivity index (χ2v) is 5.83. The van der Waals surface area contributed by atoms with Gasteiger partial charge in [-0.05, 0) is 32.0 Å². The summed E-state index contributed by atoms with van der Waals surface area (Å²) >= 11 is 1.51. The molecule has 1 aliphatic heterocycles. The maximum Gasteiger partial charge on any atom is 0.309 e. The lowest BCUT2D eigenvalue weighted by Crippen LogP contribution is -2.26. The summed E-state index contributed by atoms with van der Waals surface area (Å²) in [6.45, 7) is 4.58. The Morgan fingerprint density at radius 1 is 1.33 bits per heavy atom. The quantitative estimate of drug-likeness (QED) is 0.851. The first-order valence-corrected chi connectivity index (χ1v) is 6.73. The Bertz CT molecular complexity index is 456.